The van der Waals surface area contributed by atoms with Crippen LogP contribution >= 0.6 is 0 Å². The minimum absolute atomic E-state index is 0.0183. The molecule has 0 amide bonds. The average Bonchev–Trinajstić information content (AvgIpc) is 2.55. The van der Waals surface area contributed by atoms with Gasteiger partial charge in [0.05, 0.1) is 6.61 Å². The molecule has 2 N–H and O–H groups in total. The van der Waals surface area contributed by atoms with Gasteiger partial charge in [0, 0.05) is 5.41 Å². The molecule has 1 aromatic carbocycles. The van der Waals surface area contributed by atoms with Crippen LogP contribution in [0.1, 0.15) is 30.4 Å². The molecule has 0 bridgehead atoms. The van der Waals surface area contributed by atoms with Crippen molar-refractivity contribution >= 4 is 0 Å². The summed E-state index contributed by atoms with van der Waals surface area (Å²) in [6.45, 7) is 4.46. The molecule has 0 aromatic heterocycles. The standard InChI is InChI=1S/C14H21NO/c1-12-4-2-5-13(10-12)14(11-16)6-3-8-15-9-7-14/h2,4-5,10,15-16H,3,6-9,11H2,1H3. The van der Waals surface area contributed by atoms with Crippen LogP contribution in [-0.4, -0.2) is 24.8 Å². The van der Waals surface area contributed by atoms with Crippen molar-refractivity contribution in [2.24, 2.45) is 0 Å². The molecule has 1 atom stereocenters. The lowest BCUT2D eigenvalue weighted by Crippen LogP contribution is -2.31. The van der Waals surface area contributed by atoms with Crippen LogP contribution in [0.5, 0.6) is 0 Å². The molecule has 0 radical (unpaired) electrons. The molecule has 16 heavy (non-hydrogen) atoms. The first kappa shape index (κ1) is 11.6. The summed E-state index contributed by atoms with van der Waals surface area (Å²) >= 11 is 0. The van der Waals surface area contributed by atoms with Gasteiger partial charge in [-0.25, -0.2) is 0 Å². The predicted octanol–water partition coefficient (Wildman–Crippen LogP) is 2.00. The van der Waals surface area contributed by atoms with Crippen molar-refractivity contribution in [3.63, 3.8) is 0 Å². The molecule has 1 aliphatic rings. The van der Waals surface area contributed by atoms with Crippen molar-refractivity contribution < 1.29 is 5.11 Å². The summed E-state index contributed by atoms with van der Waals surface area (Å²) in [5.74, 6) is 0. The Bertz CT molecular complexity index is 340. The Morgan fingerprint density at radius 1 is 1.31 bits per heavy atom. The highest BCUT2D eigenvalue weighted by molar-refractivity contribution is 5.30. The van der Waals surface area contributed by atoms with E-state index in [1.165, 1.54) is 11.1 Å². The second kappa shape index (κ2) is 4.98. The Kier molecular flexibility index (Phi) is 3.62. The lowest BCUT2D eigenvalue weighted by Gasteiger charge is -2.31. The van der Waals surface area contributed by atoms with Crippen molar-refractivity contribution in [1.82, 2.24) is 5.32 Å². The molecule has 0 aliphatic carbocycles. The number of benzene rings is 1. The smallest absolute Gasteiger partial charge is 0.0528 e. The highest BCUT2D eigenvalue weighted by Gasteiger charge is 2.31. The van der Waals surface area contributed by atoms with E-state index in [1.807, 2.05) is 0 Å². The van der Waals surface area contributed by atoms with Crippen LogP contribution in [0.2, 0.25) is 0 Å². The summed E-state index contributed by atoms with van der Waals surface area (Å²) in [6.07, 6.45) is 3.27. The zero-order valence-corrected chi connectivity index (χ0v) is 10.00. The molecular formula is C14H21NO. The van der Waals surface area contributed by atoms with E-state index in [4.69, 9.17) is 0 Å². The maximum absolute atomic E-state index is 9.78. The highest BCUT2D eigenvalue weighted by Crippen LogP contribution is 2.34. The van der Waals surface area contributed by atoms with Crippen LogP contribution in [0.3, 0.4) is 0 Å². The summed E-state index contributed by atoms with van der Waals surface area (Å²) in [5, 5.41) is 13.2. The van der Waals surface area contributed by atoms with Crippen LogP contribution in [0.25, 0.3) is 0 Å². The number of aliphatic hydroxyl groups is 1. The zero-order chi connectivity index (χ0) is 11.4. The molecule has 1 fully saturated rings. The number of hydrogen-bond acceptors (Lipinski definition) is 2. The van der Waals surface area contributed by atoms with Crippen LogP contribution in [-0.2, 0) is 5.41 Å². The lowest BCUT2D eigenvalue weighted by molar-refractivity contribution is 0.179. The van der Waals surface area contributed by atoms with Crippen LogP contribution in [0.4, 0.5) is 0 Å². The summed E-state index contributed by atoms with van der Waals surface area (Å²) in [5.41, 5.74) is 2.57. The third-order valence-corrected chi connectivity index (χ3v) is 3.72. The summed E-state index contributed by atoms with van der Waals surface area (Å²) in [4.78, 5) is 0. The minimum Gasteiger partial charge on any atom is -0.395 e. The van der Waals surface area contributed by atoms with E-state index in [1.54, 1.807) is 0 Å². The van der Waals surface area contributed by atoms with E-state index in [-0.39, 0.29) is 12.0 Å². The summed E-state index contributed by atoms with van der Waals surface area (Å²) in [6, 6.07) is 8.60. The van der Waals surface area contributed by atoms with E-state index < -0.39 is 0 Å². The number of rotatable bonds is 2. The molecule has 2 nitrogen and oxygen atoms in total. The van der Waals surface area contributed by atoms with Crippen molar-refractivity contribution in [3.8, 4) is 0 Å². The van der Waals surface area contributed by atoms with E-state index >= 15 is 0 Å². The van der Waals surface area contributed by atoms with Gasteiger partial charge in [-0.15, -0.1) is 0 Å². The Labute approximate surface area is 97.7 Å². The SMILES string of the molecule is Cc1cccc(C2(CO)CCCNCC2)c1. The van der Waals surface area contributed by atoms with Crippen molar-refractivity contribution in [1.29, 1.82) is 0 Å². The molecule has 0 spiro atoms. The Hall–Kier alpha value is -0.860. The molecule has 0 saturated carbocycles. The average molecular weight is 219 g/mol. The fourth-order valence-electron chi connectivity index (χ4n) is 2.64. The van der Waals surface area contributed by atoms with Crippen molar-refractivity contribution in [2.75, 3.05) is 19.7 Å². The first-order valence-corrected chi connectivity index (χ1v) is 6.16. The van der Waals surface area contributed by atoms with Crippen LogP contribution < -0.4 is 5.32 Å². The van der Waals surface area contributed by atoms with E-state index in [0.717, 1.165) is 32.4 Å². The number of hydrogen-bond donors (Lipinski definition) is 2. The molecule has 1 saturated heterocycles. The highest BCUT2D eigenvalue weighted by atomic mass is 16.3. The zero-order valence-electron chi connectivity index (χ0n) is 10.00. The van der Waals surface area contributed by atoms with Gasteiger partial charge in [0.2, 0.25) is 0 Å². The van der Waals surface area contributed by atoms with Crippen LogP contribution in [0.15, 0.2) is 24.3 Å². The van der Waals surface area contributed by atoms with Gasteiger partial charge in [0.1, 0.15) is 0 Å². The van der Waals surface area contributed by atoms with Gasteiger partial charge in [-0.2, -0.15) is 0 Å². The second-order valence-electron chi connectivity index (χ2n) is 4.91. The van der Waals surface area contributed by atoms with E-state index in [0.29, 0.717) is 0 Å². The molecule has 1 aromatic rings. The molecule has 1 aliphatic heterocycles. The topological polar surface area (TPSA) is 32.3 Å². The molecular weight excluding hydrogens is 198 g/mol. The van der Waals surface area contributed by atoms with Crippen molar-refractivity contribution in [3.05, 3.63) is 35.4 Å². The Balaban J connectivity index is 2.31. The van der Waals surface area contributed by atoms with Gasteiger partial charge >= 0.3 is 0 Å². The van der Waals surface area contributed by atoms with Gasteiger partial charge in [-0.05, 0) is 44.8 Å². The first-order valence-electron chi connectivity index (χ1n) is 6.16. The monoisotopic (exact) mass is 219 g/mol. The van der Waals surface area contributed by atoms with Gasteiger partial charge in [0.25, 0.3) is 0 Å². The largest absolute Gasteiger partial charge is 0.395 e. The fourth-order valence-corrected chi connectivity index (χ4v) is 2.64. The van der Waals surface area contributed by atoms with E-state index in [2.05, 4.69) is 36.5 Å². The third kappa shape index (κ3) is 2.28. The normalized spacial score (nSPS) is 26.4. The third-order valence-electron chi connectivity index (χ3n) is 3.72. The van der Waals surface area contributed by atoms with Gasteiger partial charge in [-0.1, -0.05) is 29.8 Å². The number of aryl methyl sites for hydroxylation is 1. The Morgan fingerprint density at radius 2 is 2.19 bits per heavy atom. The van der Waals surface area contributed by atoms with Gasteiger partial charge < -0.3 is 10.4 Å². The summed E-state index contributed by atoms with van der Waals surface area (Å²) < 4.78 is 0. The number of aliphatic hydroxyl groups excluding tert-OH is 1. The maximum atomic E-state index is 9.78. The number of nitrogens with one attached hydrogen (secondary N) is 1. The predicted molar refractivity (Wildman–Crippen MR) is 66.7 cm³/mol. The maximum Gasteiger partial charge on any atom is 0.0528 e. The molecule has 2 rings (SSSR count). The van der Waals surface area contributed by atoms with Crippen LogP contribution in [0, 0.1) is 6.92 Å². The lowest BCUT2D eigenvalue weighted by atomic mass is 9.75. The van der Waals surface area contributed by atoms with Gasteiger partial charge in [0.15, 0.2) is 0 Å². The fraction of sp³-hybridized carbons (Fsp3) is 0.571. The summed E-state index contributed by atoms with van der Waals surface area (Å²) in [7, 11) is 0. The minimum atomic E-state index is -0.0183. The first-order chi connectivity index (χ1) is 7.77. The van der Waals surface area contributed by atoms with Crippen molar-refractivity contribution in [2.45, 2.75) is 31.6 Å². The molecule has 88 valence electrons. The second-order valence-corrected chi connectivity index (χ2v) is 4.91. The molecule has 2 heteroatoms. The van der Waals surface area contributed by atoms with E-state index in [9.17, 15) is 5.11 Å². The Morgan fingerprint density at radius 3 is 2.94 bits per heavy atom. The quantitative estimate of drug-likeness (QED) is 0.797. The van der Waals surface area contributed by atoms with Gasteiger partial charge in [-0.3, -0.25) is 0 Å². The molecule has 1 heterocycles. The molecule has 1 unspecified atom stereocenters.